The Hall–Kier alpha value is -2.14. The number of hydrogen-bond donors (Lipinski definition) is 3. The number of carbonyl (C=O) groups excluding carboxylic acids is 1. The van der Waals surface area contributed by atoms with Crippen molar-refractivity contribution < 1.29 is 14.6 Å². The van der Waals surface area contributed by atoms with Crippen molar-refractivity contribution in [1.82, 2.24) is 0 Å². The number of para-hydroxylation sites is 1. The van der Waals surface area contributed by atoms with Gasteiger partial charge in [0.05, 0.1) is 17.3 Å². The second-order valence-electron chi connectivity index (χ2n) is 7.12. The summed E-state index contributed by atoms with van der Waals surface area (Å²) in [5, 5.41) is 3.54. The third-order valence-corrected chi connectivity index (χ3v) is 5.58. The highest BCUT2D eigenvalue weighted by molar-refractivity contribution is 6.33. The van der Waals surface area contributed by atoms with Crippen LogP contribution in [0.3, 0.4) is 0 Å². The van der Waals surface area contributed by atoms with Crippen LogP contribution in [-0.2, 0) is 4.79 Å². The number of anilines is 1. The van der Waals surface area contributed by atoms with Crippen LogP contribution < -0.4 is 15.1 Å². The van der Waals surface area contributed by atoms with Gasteiger partial charge in [0, 0.05) is 0 Å². The Bertz CT molecular complexity index is 770. The fourth-order valence-electron chi connectivity index (χ4n) is 3.48. The van der Waals surface area contributed by atoms with E-state index in [-0.39, 0.29) is 11.9 Å². The van der Waals surface area contributed by atoms with Gasteiger partial charge < -0.3 is 15.1 Å². The quantitative estimate of drug-likeness (QED) is 0.686. The summed E-state index contributed by atoms with van der Waals surface area (Å²) in [6.07, 6.45) is 4.44. The van der Waals surface area contributed by atoms with E-state index in [1.165, 1.54) is 10.5 Å². The maximum Gasteiger partial charge on any atom is 0.282 e. The minimum Gasteiger partial charge on any atom is -0.322 e. The molecule has 1 fully saturated rings. The third kappa shape index (κ3) is 5.67. The Kier molecular flexibility index (Phi) is 7.04. The van der Waals surface area contributed by atoms with E-state index in [1.807, 2.05) is 31.2 Å². The number of hydrogen-bond acceptors (Lipinski definition) is 1. The van der Waals surface area contributed by atoms with E-state index in [2.05, 4.69) is 41.7 Å². The van der Waals surface area contributed by atoms with Crippen LogP contribution in [0.5, 0.6) is 0 Å². The summed E-state index contributed by atoms with van der Waals surface area (Å²) in [4.78, 5) is 15.5. The second kappa shape index (κ2) is 9.70. The van der Waals surface area contributed by atoms with Crippen LogP contribution >= 0.6 is 11.6 Å². The average molecular weight is 386 g/mol. The Labute approximate surface area is 166 Å². The molecular weight excluding hydrogens is 358 g/mol. The van der Waals surface area contributed by atoms with Crippen molar-refractivity contribution in [3.8, 4) is 0 Å². The lowest BCUT2D eigenvalue weighted by atomic mass is 10.2. The van der Waals surface area contributed by atoms with Crippen molar-refractivity contribution in [1.29, 1.82) is 0 Å². The molecule has 1 aliphatic heterocycles. The van der Waals surface area contributed by atoms with E-state index in [1.54, 1.807) is 11.0 Å². The summed E-state index contributed by atoms with van der Waals surface area (Å²) in [7, 11) is 0. The predicted molar refractivity (Wildman–Crippen MR) is 111 cm³/mol. The molecule has 1 saturated heterocycles. The van der Waals surface area contributed by atoms with Crippen LogP contribution in [0.1, 0.15) is 12.5 Å². The van der Waals surface area contributed by atoms with Crippen molar-refractivity contribution in [2.45, 2.75) is 13.0 Å². The van der Waals surface area contributed by atoms with Crippen molar-refractivity contribution >= 4 is 29.3 Å². The van der Waals surface area contributed by atoms with E-state index in [9.17, 15) is 4.79 Å². The van der Waals surface area contributed by atoms with Crippen LogP contribution in [0.4, 0.5) is 5.69 Å². The van der Waals surface area contributed by atoms with Crippen LogP contribution in [-0.4, -0.2) is 44.7 Å². The number of benzene rings is 2. The molecule has 27 heavy (non-hydrogen) atoms. The van der Waals surface area contributed by atoms with Gasteiger partial charge in [0.25, 0.3) is 5.91 Å². The summed E-state index contributed by atoms with van der Waals surface area (Å²) in [5.41, 5.74) is 1.93. The molecule has 1 amide bonds. The normalized spacial score (nSPS) is 21.1. The van der Waals surface area contributed by atoms with Gasteiger partial charge in [-0.15, -0.1) is 0 Å². The predicted octanol–water partition coefficient (Wildman–Crippen LogP) is 1.16. The number of amides is 1. The van der Waals surface area contributed by atoms with E-state index in [4.69, 9.17) is 11.6 Å². The molecule has 0 bridgehead atoms. The van der Waals surface area contributed by atoms with Crippen molar-refractivity contribution in [2.24, 2.45) is 0 Å². The van der Waals surface area contributed by atoms with Gasteiger partial charge >= 0.3 is 0 Å². The van der Waals surface area contributed by atoms with Gasteiger partial charge in [-0.3, -0.25) is 4.79 Å². The molecule has 1 aliphatic rings. The molecule has 5 heteroatoms. The zero-order chi connectivity index (χ0) is 19.1. The topological polar surface area (TPSA) is 38.0 Å². The van der Waals surface area contributed by atoms with Gasteiger partial charge in [-0.1, -0.05) is 60.1 Å². The SMILES string of the molecule is C[C@H](C(=O)Nc1ccccc1Cl)[NH+]1CC[NH+](C/C=C/c2ccccc2)CC1. The maximum absolute atomic E-state index is 12.6. The van der Waals surface area contributed by atoms with Crippen LogP contribution in [0, 0.1) is 0 Å². The summed E-state index contributed by atoms with van der Waals surface area (Å²) in [6, 6.07) is 17.7. The van der Waals surface area contributed by atoms with Gasteiger partial charge in [0.2, 0.25) is 0 Å². The minimum absolute atomic E-state index is 0.0329. The van der Waals surface area contributed by atoms with Gasteiger partial charge in [-0.05, 0) is 30.7 Å². The molecule has 0 saturated carbocycles. The average Bonchev–Trinajstić information content (AvgIpc) is 2.70. The first kappa shape index (κ1) is 19.6. The first-order valence-corrected chi connectivity index (χ1v) is 9.96. The maximum atomic E-state index is 12.6. The highest BCUT2D eigenvalue weighted by atomic mass is 35.5. The largest absolute Gasteiger partial charge is 0.322 e. The Morgan fingerprint density at radius 3 is 2.44 bits per heavy atom. The lowest BCUT2D eigenvalue weighted by Gasteiger charge is -2.32. The lowest BCUT2D eigenvalue weighted by molar-refractivity contribution is -1.02. The monoisotopic (exact) mass is 385 g/mol. The molecule has 1 atom stereocenters. The Balaban J connectivity index is 1.45. The van der Waals surface area contributed by atoms with E-state index < -0.39 is 0 Å². The molecule has 0 unspecified atom stereocenters. The molecule has 2 aromatic rings. The summed E-state index contributed by atoms with van der Waals surface area (Å²) in [6.45, 7) is 7.21. The zero-order valence-corrected chi connectivity index (χ0v) is 16.5. The van der Waals surface area contributed by atoms with E-state index in [0.29, 0.717) is 10.7 Å². The number of carbonyl (C=O) groups is 1. The highest BCUT2D eigenvalue weighted by Crippen LogP contribution is 2.20. The standard InChI is InChI=1S/C22H26ClN3O/c1-18(22(27)24-21-12-6-5-11-20(21)23)26-16-14-25(15-17-26)13-7-10-19-8-3-2-4-9-19/h2-12,18H,13-17H2,1H3,(H,24,27)/p+2/b10-7+/t18-/m1/s1. The highest BCUT2D eigenvalue weighted by Gasteiger charge is 2.30. The summed E-state index contributed by atoms with van der Waals surface area (Å²) >= 11 is 6.14. The van der Waals surface area contributed by atoms with Gasteiger partial charge in [-0.2, -0.15) is 0 Å². The third-order valence-electron chi connectivity index (χ3n) is 5.25. The number of halogens is 1. The van der Waals surface area contributed by atoms with Crippen LogP contribution in [0.25, 0.3) is 6.08 Å². The molecule has 3 rings (SSSR count). The molecular formula is C22H28ClN3O+2. The molecule has 0 aliphatic carbocycles. The van der Waals surface area contributed by atoms with Crippen LogP contribution in [0.15, 0.2) is 60.7 Å². The minimum atomic E-state index is -0.0808. The van der Waals surface area contributed by atoms with E-state index in [0.717, 1.165) is 32.7 Å². The fraction of sp³-hybridized carbons (Fsp3) is 0.318. The lowest BCUT2D eigenvalue weighted by Crippen LogP contribution is -3.29. The molecule has 3 N–H and O–H groups in total. The van der Waals surface area contributed by atoms with Crippen molar-refractivity contribution in [2.75, 3.05) is 38.0 Å². The molecule has 1 heterocycles. The Morgan fingerprint density at radius 2 is 1.74 bits per heavy atom. The van der Waals surface area contributed by atoms with Gasteiger partial charge in [-0.25, -0.2) is 0 Å². The molecule has 4 nitrogen and oxygen atoms in total. The first-order chi connectivity index (χ1) is 13.1. The molecule has 0 aromatic heterocycles. The number of nitrogens with one attached hydrogen (secondary N) is 3. The van der Waals surface area contributed by atoms with Gasteiger partial charge in [0.15, 0.2) is 6.04 Å². The zero-order valence-electron chi connectivity index (χ0n) is 15.7. The smallest absolute Gasteiger partial charge is 0.282 e. The first-order valence-electron chi connectivity index (χ1n) is 9.58. The Morgan fingerprint density at radius 1 is 1.07 bits per heavy atom. The molecule has 0 radical (unpaired) electrons. The summed E-state index contributed by atoms with van der Waals surface area (Å²) < 4.78 is 0. The number of piperazine rings is 1. The molecule has 2 aromatic carbocycles. The number of rotatable bonds is 6. The molecule has 0 spiro atoms. The fourth-order valence-corrected chi connectivity index (χ4v) is 3.66. The van der Waals surface area contributed by atoms with Gasteiger partial charge in [0.1, 0.15) is 26.2 Å². The number of quaternary nitrogens is 2. The van der Waals surface area contributed by atoms with Crippen molar-refractivity contribution in [3.05, 3.63) is 71.3 Å². The second-order valence-corrected chi connectivity index (χ2v) is 7.52. The van der Waals surface area contributed by atoms with Crippen molar-refractivity contribution in [3.63, 3.8) is 0 Å². The van der Waals surface area contributed by atoms with Crippen LogP contribution in [0.2, 0.25) is 5.02 Å². The summed E-state index contributed by atoms with van der Waals surface area (Å²) in [5.74, 6) is 0.0329. The molecule has 142 valence electrons. The van der Waals surface area contributed by atoms with E-state index >= 15 is 0 Å².